The summed E-state index contributed by atoms with van der Waals surface area (Å²) in [6, 6.07) is 10.7. The Kier molecular flexibility index (Phi) is 4.08. The Morgan fingerprint density at radius 3 is 3.00 bits per heavy atom. The molecular weight excluding hydrogens is 252 g/mol. The number of hydrogen-bond acceptors (Lipinski definition) is 5. The summed E-state index contributed by atoms with van der Waals surface area (Å²) in [5, 5.41) is 7.49. The molecule has 20 heavy (non-hydrogen) atoms. The number of rotatable bonds is 4. The lowest BCUT2D eigenvalue weighted by atomic mass is 10.1. The van der Waals surface area contributed by atoms with Crippen LogP contribution in [-0.2, 0) is 13.0 Å². The normalized spacial score (nSPS) is 20.1. The molecule has 2 heterocycles. The molecule has 1 aromatic heterocycles. The molecular formula is C15H20N4O. The molecule has 0 amide bonds. The average molecular weight is 272 g/mol. The molecule has 1 aromatic carbocycles. The molecule has 0 bridgehead atoms. The monoisotopic (exact) mass is 272 g/mol. The van der Waals surface area contributed by atoms with Crippen LogP contribution < -0.4 is 5.32 Å². The van der Waals surface area contributed by atoms with Gasteiger partial charge in [0.25, 0.3) is 0 Å². The van der Waals surface area contributed by atoms with Crippen molar-refractivity contribution in [1.82, 2.24) is 20.4 Å². The van der Waals surface area contributed by atoms with Crippen molar-refractivity contribution >= 4 is 0 Å². The van der Waals surface area contributed by atoms with E-state index in [1.807, 2.05) is 18.2 Å². The van der Waals surface area contributed by atoms with Gasteiger partial charge >= 0.3 is 0 Å². The quantitative estimate of drug-likeness (QED) is 0.913. The maximum Gasteiger partial charge on any atom is 0.240 e. The van der Waals surface area contributed by atoms with Crippen molar-refractivity contribution in [3.05, 3.63) is 47.6 Å². The highest BCUT2D eigenvalue weighted by molar-refractivity contribution is 5.18. The van der Waals surface area contributed by atoms with Gasteiger partial charge in [0.1, 0.15) is 0 Å². The summed E-state index contributed by atoms with van der Waals surface area (Å²) in [6.07, 6.45) is 0.725. The van der Waals surface area contributed by atoms with E-state index >= 15 is 0 Å². The summed E-state index contributed by atoms with van der Waals surface area (Å²) in [5.74, 6) is 1.47. The molecule has 0 saturated carbocycles. The lowest BCUT2D eigenvalue weighted by Crippen LogP contribution is -2.48. The van der Waals surface area contributed by atoms with Crippen molar-refractivity contribution in [1.29, 1.82) is 0 Å². The number of nitrogens with zero attached hydrogens (tertiary/aromatic N) is 3. The van der Waals surface area contributed by atoms with Crippen LogP contribution in [0.25, 0.3) is 0 Å². The third-order valence-electron chi connectivity index (χ3n) is 3.53. The zero-order valence-corrected chi connectivity index (χ0v) is 11.7. The molecule has 1 aliphatic rings. The van der Waals surface area contributed by atoms with Gasteiger partial charge in [0.15, 0.2) is 5.82 Å². The van der Waals surface area contributed by atoms with E-state index in [0.29, 0.717) is 11.9 Å². The van der Waals surface area contributed by atoms with Gasteiger partial charge in [-0.15, -0.1) is 0 Å². The fraction of sp³-hybridized carbons (Fsp3) is 0.467. The zero-order valence-electron chi connectivity index (χ0n) is 11.7. The highest BCUT2D eigenvalue weighted by atomic mass is 16.5. The second-order valence-electron chi connectivity index (χ2n) is 5.36. The van der Waals surface area contributed by atoms with Gasteiger partial charge in [-0.25, -0.2) is 0 Å². The Bertz CT molecular complexity index is 540. The fourth-order valence-electron chi connectivity index (χ4n) is 2.55. The molecule has 1 fully saturated rings. The first-order valence-electron chi connectivity index (χ1n) is 7.11. The number of piperazine rings is 1. The van der Waals surface area contributed by atoms with E-state index < -0.39 is 0 Å². The van der Waals surface area contributed by atoms with Crippen molar-refractivity contribution in [2.45, 2.75) is 25.9 Å². The molecule has 106 valence electrons. The Hall–Kier alpha value is -1.72. The SMILES string of the molecule is C[C@@H]1CN(Cc2nc(Cc3ccccc3)no2)CCN1. The molecule has 0 unspecified atom stereocenters. The average Bonchev–Trinajstić information content (AvgIpc) is 2.87. The van der Waals surface area contributed by atoms with Crippen LogP contribution in [0.2, 0.25) is 0 Å². The molecule has 0 aliphatic carbocycles. The summed E-state index contributed by atoms with van der Waals surface area (Å²) < 4.78 is 5.35. The smallest absolute Gasteiger partial charge is 0.240 e. The molecule has 5 nitrogen and oxygen atoms in total. The summed E-state index contributed by atoms with van der Waals surface area (Å²) >= 11 is 0. The first-order chi connectivity index (χ1) is 9.79. The third-order valence-corrected chi connectivity index (χ3v) is 3.53. The first kappa shape index (κ1) is 13.3. The van der Waals surface area contributed by atoms with Gasteiger partial charge in [0.2, 0.25) is 5.89 Å². The molecule has 0 radical (unpaired) electrons. The van der Waals surface area contributed by atoms with Gasteiger partial charge in [0, 0.05) is 32.1 Å². The predicted molar refractivity (Wildman–Crippen MR) is 76.3 cm³/mol. The van der Waals surface area contributed by atoms with Crippen LogP contribution in [0.1, 0.15) is 24.2 Å². The third kappa shape index (κ3) is 3.43. The molecule has 1 N–H and O–H groups in total. The molecule has 3 rings (SSSR count). The Labute approximate surface area is 119 Å². The van der Waals surface area contributed by atoms with Crippen LogP contribution >= 0.6 is 0 Å². The molecule has 1 atom stereocenters. The summed E-state index contributed by atoms with van der Waals surface area (Å²) in [6.45, 7) is 6.01. The summed E-state index contributed by atoms with van der Waals surface area (Å²) in [4.78, 5) is 6.83. The van der Waals surface area contributed by atoms with Crippen molar-refractivity contribution in [2.75, 3.05) is 19.6 Å². The first-order valence-corrected chi connectivity index (χ1v) is 7.11. The van der Waals surface area contributed by atoms with Gasteiger partial charge in [-0.1, -0.05) is 35.5 Å². The minimum absolute atomic E-state index is 0.524. The Balaban J connectivity index is 1.59. The highest BCUT2D eigenvalue weighted by Crippen LogP contribution is 2.09. The van der Waals surface area contributed by atoms with Crippen LogP contribution in [-0.4, -0.2) is 40.7 Å². The van der Waals surface area contributed by atoms with Gasteiger partial charge in [0.05, 0.1) is 6.54 Å². The minimum Gasteiger partial charge on any atom is -0.338 e. The number of aromatic nitrogens is 2. The fourth-order valence-corrected chi connectivity index (χ4v) is 2.55. The number of benzene rings is 1. The molecule has 0 spiro atoms. The van der Waals surface area contributed by atoms with Crippen LogP contribution in [0, 0.1) is 0 Å². The van der Waals surface area contributed by atoms with E-state index in [1.54, 1.807) is 0 Å². The van der Waals surface area contributed by atoms with Gasteiger partial charge < -0.3 is 9.84 Å². The molecule has 5 heteroatoms. The van der Waals surface area contributed by atoms with Crippen molar-refractivity contribution in [3.8, 4) is 0 Å². The topological polar surface area (TPSA) is 54.2 Å². The summed E-state index contributed by atoms with van der Waals surface area (Å²) in [5.41, 5.74) is 1.20. The second kappa shape index (κ2) is 6.15. The van der Waals surface area contributed by atoms with Crippen molar-refractivity contribution in [3.63, 3.8) is 0 Å². The van der Waals surface area contributed by atoms with Crippen LogP contribution in [0.3, 0.4) is 0 Å². The second-order valence-corrected chi connectivity index (χ2v) is 5.36. The van der Waals surface area contributed by atoms with Crippen molar-refractivity contribution in [2.24, 2.45) is 0 Å². The van der Waals surface area contributed by atoms with E-state index in [0.717, 1.165) is 38.4 Å². The maximum atomic E-state index is 5.35. The van der Waals surface area contributed by atoms with Crippen LogP contribution in [0.5, 0.6) is 0 Å². The van der Waals surface area contributed by atoms with E-state index in [4.69, 9.17) is 4.52 Å². The largest absolute Gasteiger partial charge is 0.338 e. The van der Waals surface area contributed by atoms with Gasteiger partial charge in [-0.3, -0.25) is 4.90 Å². The van der Waals surface area contributed by atoms with Crippen LogP contribution in [0.15, 0.2) is 34.9 Å². The van der Waals surface area contributed by atoms with Gasteiger partial charge in [-0.05, 0) is 12.5 Å². The lowest BCUT2D eigenvalue weighted by molar-refractivity contribution is 0.177. The Morgan fingerprint density at radius 1 is 1.35 bits per heavy atom. The molecule has 1 aliphatic heterocycles. The molecule has 2 aromatic rings. The van der Waals surface area contributed by atoms with Crippen molar-refractivity contribution < 1.29 is 4.52 Å². The van der Waals surface area contributed by atoms with E-state index in [9.17, 15) is 0 Å². The van der Waals surface area contributed by atoms with E-state index in [2.05, 4.69) is 39.4 Å². The lowest BCUT2D eigenvalue weighted by Gasteiger charge is -2.30. The number of hydrogen-bond donors (Lipinski definition) is 1. The zero-order chi connectivity index (χ0) is 13.8. The predicted octanol–water partition coefficient (Wildman–Crippen LogP) is 1.45. The maximum absolute atomic E-state index is 5.35. The van der Waals surface area contributed by atoms with Gasteiger partial charge in [-0.2, -0.15) is 4.98 Å². The number of nitrogens with one attached hydrogen (secondary N) is 1. The standard InChI is InChI=1S/C15H20N4O/c1-12-10-19(8-7-16-12)11-15-17-14(18-20-15)9-13-5-3-2-4-6-13/h2-6,12,16H,7-11H2,1H3/t12-/m1/s1. The van der Waals surface area contributed by atoms with E-state index in [-0.39, 0.29) is 0 Å². The minimum atomic E-state index is 0.524. The van der Waals surface area contributed by atoms with E-state index in [1.165, 1.54) is 5.56 Å². The highest BCUT2D eigenvalue weighted by Gasteiger charge is 2.18. The molecule has 1 saturated heterocycles. The summed E-state index contributed by atoms with van der Waals surface area (Å²) in [7, 11) is 0. The Morgan fingerprint density at radius 2 is 2.20 bits per heavy atom. The van der Waals surface area contributed by atoms with Crippen LogP contribution in [0.4, 0.5) is 0 Å².